The maximum Gasteiger partial charge on any atom is 0.274 e. The van der Waals surface area contributed by atoms with Gasteiger partial charge in [0.1, 0.15) is 5.82 Å². The van der Waals surface area contributed by atoms with Gasteiger partial charge in [0, 0.05) is 17.3 Å². The van der Waals surface area contributed by atoms with Gasteiger partial charge in [0.2, 0.25) is 0 Å². The monoisotopic (exact) mass is 253 g/mol. The van der Waals surface area contributed by atoms with E-state index in [2.05, 4.69) is 10.6 Å². The highest BCUT2D eigenvalue weighted by Crippen LogP contribution is 2.27. The number of nitro benzene ring substituents is 1. The average molecular weight is 253 g/mol. The lowest BCUT2D eigenvalue weighted by Crippen LogP contribution is -2.45. The second-order valence-corrected chi connectivity index (χ2v) is 4.89. The highest BCUT2D eigenvalue weighted by atomic mass is 19.1. The first-order valence-corrected chi connectivity index (χ1v) is 5.92. The summed E-state index contributed by atoms with van der Waals surface area (Å²) in [6.07, 6.45) is 1.80. The van der Waals surface area contributed by atoms with Crippen LogP contribution in [0.4, 0.5) is 15.8 Å². The summed E-state index contributed by atoms with van der Waals surface area (Å²) in [7, 11) is 0. The van der Waals surface area contributed by atoms with Gasteiger partial charge in [-0.1, -0.05) is 0 Å². The third kappa shape index (κ3) is 2.95. The predicted molar refractivity (Wildman–Crippen MR) is 67.2 cm³/mol. The number of hydrogen-bond acceptors (Lipinski definition) is 4. The second kappa shape index (κ2) is 4.89. The largest absolute Gasteiger partial charge is 0.380 e. The molecule has 0 spiro atoms. The fourth-order valence-corrected chi connectivity index (χ4v) is 2.20. The Balaban J connectivity index is 2.20. The van der Waals surface area contributed by atoms with Crippen LogP contribution in [0.1, 0.15) is 19.8 Å². The van der Waals surface area contributed by atoms with Crippen molar-refractivity contribution in [3.63, 3.8) is 0 Å². The zero-order valence-corrected chi connectivity index (χ0v) is 10.2. The van der Waals surface area contributed by atoms with Gasteiger partial charge < -0.3 is 10.6 Å². The molecule has 0 bridgehead atoms. The maximum atomic E-state index is 13.3. The first kappa shape index (κ1) is 12.8. The van der Waals surface area contributed by atoms with E-state index in [1.165, 1.54) is 12.1 Å². The number of rotatable bonds is 3. The van der Waals surface area contributed by atoms with Crippen molar-refractivity contribution in [3.8, 4) is 0 Å². The molecule has 5 nitrogen and oxygen atoms in total. The molecule has 0 aromatic heterocycles. The van der Waals surface area contributed by atoms with E-state index in [1.807, 2.05) is 6.92 Å². The van der Waals surface area contributed by atoms with Crippen LogP contribution in [0.2, 0.25) is 0 Å². The molecule has 0 atom stereocenters. The van der Waals surface area contributed by atoms with Crippen LogP contribution < -0.4 is 10.6 Å². The molecule has 1 saturated heterocycles. The van der Waals surface area contributed by atoms with Gasteiger partial charge in [0.15, 0.2) is 0 Å². The third-order valence-electron chi connectivity index (χ3n) is 3.25. The SMILES string of the molecule is CC1(Nc2cc(F)cc([N+](=O)[O-])c2)CCNCC1. The molecule has 1 aliphatic rings. The number of halogens is 1. The van der Waals surface area contributed by atoms with E-state index in [-0.39, 0.29) is 11.2 Å². The molecule has 1 aromatic rings. The molecule has 18 heavy (non-hydrogen) atoms. The molecule has 1 fully saturated rings. The van der Waals surface area contributed by atoms with Gasteiger partial charge in [-0.05, 0) is 38.9 Å². The summed E-state index contributed by atoms with van der Waals surface area (Å²) in [5, 5.41) is 17.1. The van der Waals surface area contributed by atoms with E-state index in [9.17, 15) is 14.5 Å². The topological polar surface area (TPSA) is 67.2 Å². The Morgan fingerprint density at radius 1 is 1.39 bits per heavy atom. The predicted octanol–water partition coefficient (Wildman–Crippen LogP) is 2.29. The summed E-state index contributed by atoms with van der Waals surface area (Å²) in [6.45, 7) is 3.83. The number of nitrogens with one attached hydrogen (secondary N) is 2. The molecule has 0 unspecified atom stereocenters. The van der Waals surface area contributed by atoms with Crippen molar-refractivity contribution in [1.82, 2.24) is 5.32 Å². The van der Waals surface area contributed by atoms with Crippen LogP contribution in [0.15, 0.2) is 18.2 Å². The van der Waals surface area contributed by atoms with Gasteiger partial charge in [-0.15, -0.1) is 0 Å². The van der Waals surface area contributed by atoms with Crippen LogP contribution in [-0.4, -0.2) is 23.6 Å². The van der Waals surface area contributed by atoms with E-state index in [0.717, 1.165) is 32.0 Å². The first-order chi connectivity index (χ1) is 8.48. The lowest BCUT2D eigenvalue weighted by atomic mass is 9.90. The van der Waals surface area contributed by atoms with Crippen LogP contribution in [-0.2, 0) is 0 Å². The van der Waals surface area contributed by atoms with Crippen LogP contribution in [0.3, 0.4) is 0 Å². The number of anilines is 1. The number of non-ortho nitro benzene ring substituents is 1. The summed E-state index contributed by atoms with van der Waals surface area (Å²) >= 11 is 0. The molecule has 0 radical (unpaired) electrons. The Kier molecular flexibility index (Phi) is 3.47. The minimum atomic E-state index is -0.593. The highest BCUT2D eigenvalue weighted by molar-refractivity contribution is 5.53. The van der Waals surface area contributed by atoms with Crippen molar-refractivity contribution in [3.05, 3.63) is 34.1 Å². The molecule has 0 saturated carbocycles. The van der Waals surface area contributed by atoms with Crippen LogP contribution in [0.25, 0.3) is 0 Å². The van der Waals surface area contributed by atoms with Crippen molar-refractivity contribution in [1.29, 1.82) is 0 Å². The van der Waals surface area contributed by atoms with E-state index >= 15 is 0 Å². The number of nitro groups is 1. The first-order valence-electron chi connectivity index (χ1n) is 5.92. The average Bonchev–Trinajstić information content (AvgIpc) is 2.28. The summed E-state index contributed by atoms with van der Waals surface area (Å²) in [6, 6.07) is 3.59. The Bertz CT molecular complexity index is 459. The Morgan fingerprint density at radius 3 is 2.67 bits per heavy atom. The van der Waals surface area contributed by atoms with E-state index in [0.29, 0.717) is 5.69 Å². The Morgan fingerprint density at radius 2 is 2.06 bits per heavy atom. The molecular formula is C12H16FN3O2. The van der Waals surface area contributed by atoms with Gasteiger partial charge >= 0.3 is 0 Å². The van der Waals surface area contributed by atoms with Crippen molar-refractivity contribution < 1.29 is 9.31 Å². The van der Waals surface area contributed by atoms with Crippen LogP contribution in [0.5, 0.6) is 0 Å². The maximum absolute atomic E-state index is 13.3. The molecule has 1 aliphatic heterocycles. The smallest absolute Gasteiger partial charge is 0.274 e. The Hall–Kier alpha value is -1.69. The van der Waals surface area contributed by atoms with E-state index < -0.39 is 10.7 Å². The van der Waals surface area contributed by atoms with Crippen molar-refractivity contribution in [2.45, 2.75) is 25.3 Å². The van der Waals surface area contributed by atoms with Crippen LogP contribution in [0, 0.1) is 15.9 Å². The molecular weight excluding hydrogens is 237 g/mol. The highest BCUT2D eigenvalue weighted by Gasteiger charge is 2.26. The zero-order valence-electron chi connectivity index (χ0n) is 10.2. The minimum absolute atomic E-state index is 0.146. The number of nitrogens with zero attached hydrogens (tertiary/aromatic N) is 1. The quantitative estimate of drug-likeness (QED) is 0.640. The molecule has 98 valence electrons. The molecule has 0 amide bonds. The third-order valence-corrected chi connectivity index (χ3v) is 3.25. The van der Waals surface area contributed by atoms with Crippen molar-refractivity contribution in [2.75, 3.05) is 18.4 Å². The van der Waals surface area contributed by atoms with Gasteiger partial charge in [0.05, 0.1) is 11.0 Å². The Labute approximate surface area is 105 Å². The summed E-state index contributed by atoms with van der Waals surface area (Å²) in [5.74, 6) is -0.593. The molecule has 0 aliphatic carbocycles. The molecule has 1 heterocycles. The van der Waals surface area contributed by atoms with Gasteiger partial charge in [0.25, 0.3) is 5.69 Å². The van der Waals surface area contributed by atoms with Crippen LogP contribution >= 0.6 is 0 Å². The molecule has 1 aromatic carbocycles. The van der Waals surface area contributed by atoms with E-state index in [4.69, 9.17) is 0 Å². The second-order valence-electron chi connectivity index (χ2n) is 4.89. The van der Waals surface area contributed by atoms with Crippen molar-refractivity contribution >= 4 is 11.4 Å². The van der Waals surface area contributed by atoms with Gasteiger partial charge in [-0.25, -0.2) is 4.39 Å². The standard InChI is InChI=1S/C12H16FN3O2/c1-12(2-4-14-5-3-12)15-10-6-9(13)7-11(8-10)16(17)18/h6-8,14-15H,2-5H2,1H3. The fourth-order valence-electron chi connectivity index (χ4n) is 2.20. The fraction of sp³-hybridized carbons (Fsp3) is 0.500. The normalized spacial score (nSPS) is 18.3. The summed E-state index contributed by atoms with van der Waals surface area (Å²) in [5.41, 5.74) is 0.0912. The minimum Gasteiger partial charge on any atom is -0.380 e. The summed E-state index contributed by atoms with van der Waals surface area (Å²) in [4.78, 5) is 10.1. The summed E-state index contributed by atoms with van der Waals surface area (Å²) < 4.78 is 13.3. The number of benzene rings is 1. The number of hydrogen-bond donors (Lipinski definition) is 2. The molecule has 2 N–H and O–H groups in total. The lowest BCUT2D eigenvalue weighted by molar-refractivity contribution is -0.385. The van der Waals surface area contributed by atoms with Crippen molar-refractivity contribution in [2.24, 2.45) is 0 Å². The van der Waals surface area contributed by atoms with Gasteiger partial charge in [-0.3, -0.25) is 10.1 Å². The van der Waals surface area contributed by atoms with Gasteiger partial charge in [-0.2, -0.15) is 0 Å². The zero-order chi connectivity index (χ0) is 13.2. The lowest BCUT2D eigenvalue weighted by Gasteiger charge is -2.35. The van der Waals surface area contributed by atoms with E-state index in [1.54, 1.807) is 0 Å². The molecule has 6 heteroatoms. The molecule has 2 rings (SSSR count). The number of piperidine rings is 1.